The Morgan fingerprint density at radius 2 is 1.84 bits per heavy atom. The number of nitrogen functional groups attached to an aromatic ring is 1. The summed E-state index contributed by atoms with van der Waals surface area (Å²) in [6, 6.07) is 18.0. The molecule has 6 nitrogen and oxygen atoms in total. The average molecular weight is 432 g/mol. The summed E-state index contributed by atoms with van der Waals surface area (Å²) in [5.41, 5.74) is 9.21. The minimum atomic E-state index is 0.519. The quantitative estimate of drug-likeness (QED) is 0.421. The highest BCUT2D eigenvalue weighted by Gasteiger charge is 2.14. The first-order chi connectivity index (χ1) is 15.3. The lowest BCUT2D eigenvalue weighted by atomic mass is 10.1. The van der Waals surface area contributed by atoms with Crippen LogP contribution in [0.25, 0.3) is 21.3 Å². The third-order valence-corrected chi connectivity index (χ3v) is 6.55. The third kappa shape index (κ3) is 4.47. The molecule has 3 N–H and O–H groups in total. The van der Waals surface area contributed by atoms with Gasteiger partial charge in [0.2, 0.25) is 0 Å². The van der Waals surface area contributed by atoms with E-state index < -0.39 is 0 Å². The van der Waals surface area contributed by atoms with Crippen molar-refractivity contribution in [1.82, 2.24) is 14.9 Å². The van der Waals surface area contributed by atoms with E-state index in [1.807, 2.05) is 54.7 Å². The van der Waals surface area contributed by atoms with Crippen LogP contribution in [0.15, 0.2) is 60.8 Å². The number of pyridine rings is 1. The van der Waals surface area contributed by atoms with E-state index in [4.69, 9.17) is 10.5 Å². The van der Waals surface area contributed by atoms with Gasteiger partial charge in [0.15, 0.2) is 5.13 Å². The summed E-state index contributed by atoms with van der Waals surface area (Å²) in [6.45, 7) is 4.10. The predicted octanol–water partition coefficient (Wildman–Crippen LogP) is 5.16. The van der Waals surface area contributed by atoms with Crippen LogP contribution in [0.2, 0.25) is 0 Å². The summed E-state index contributed by atoms with van der Waals surface area (Å²) in [4.78, 5) is 12.4. The van der Waals surface area contributed by atoms with Crippen molar-refractivity contribution in [3.63, 3.8) is 0 Å². The molecule has 1 saturated heterocycles. The summed E-state index contributed by atoms with van der Waals surface area (Å²) in [7, 11) is 0. The van der Waals surface area contributed by atoms with Gasteiger partial charge in [0.05, 0.1) is 10.4 Å². The Bertz CT molecular complexity index is 1160. The maximum Gasteiger partial charge on any atom is 0.189 e. The topological polar surface area (TPSA) is 76.3 Å². The zero-order valence-electron chi connectivity index (χ0n) is 17.3. The van der Waals surface area contributed by atoms with Gasteiger partial charge in [0, 0.05) is 29.4 Å². The van der Waals surface area contributed by atoms with Gasteiger partial charge in [0.1, 0.15) is 18.2 Å². The molecule has 0 saturated carbocycles. The van der Waals surface area contributed by atoms with Gasteiger partial charge in [-0.25, -0.2) is 4.98 Å². The van der Waals surface area contributed by atoms with Crippen LogP contribution < -0.4 is 15.8 Å². The number of benzene rings is 2. The standard InChI is InChI=1S/C24H25N5OS/c25-23-22(20-11-12-26-21-6-2-1-5-19(20)21)31-24(28-23)27-17-7-9-18(10-8-17)30-16-15-29-13-3-4-14-29/h1-2,5-12H,3-4,13-16,25H2,(H,27,28). The van der Waals surface area contributed by atoms with Crippen molar-refractivity contribution < 1.29 is 4.74 Å². The molecule has 1 aliphatic rings. The van der Waals surface area contributed by atoms with Crippen LogP contribution in [0.4, 0.5) is 16.6 Å². The van der Waals surface area contributed by atoms with E-state index in [1.165, 1.54) is 25.9 Å². The Morgan fingerprint density at radius 1 is 1.03 bits per heavy atom. The van der Waals surface area contributed by atoms with E-state index in [-0.39, 0.29) is 0 Å². The molecule has 0 amide bonds. The first kappa shape index (κ1) is 19.8. The minimum Gasteiger partial charge on any atom is -0.492 e. The first-order valence-corrected chi connectivity index (χ1v) is 11.4. The fraction of sp³-hybridized carbons (Fsp3) is 0.250. The van der Waals surface area contributed by atoms with Gasteiger partial charge in [-0.05, 0) is 62.3 Å². The molecule has 0 bridgehead atoms. The number of anilines is 3. The maximum absolute atomic E-state index is 6.26. The second-order valence-electron chi connectivity index (χ2n) is 7.66. The van der Waals surface area contributed by atoms with Gasteiger partial charge >= 0.3 is 0 Å². The number of nitrogens with zero attached hydrogens (tertiary/aromatic N) is 3. The monoisotopic (exact) mass is 431 g/mol. The zero-order chi connectivity index (χ0) is 21.0. The highest BCUT2D eigenvalue weighted by molar-refractivity contribution is 7.19. The molecule has 0 aliphatic carbocycles. The van der Waals surface area contributed by atoms with Crippen molar-refractivity contribution in [3.8, 4) is 16.2 Å². The molecule has 1 aliphatic heterocycles. The molecule has 2 aromatic carbocycles. The summed E-state index contributed by atoms with van der Waals surface area (Å²) in [5, 5.41) is 5.19. The highest BCUT2D eigenvalue weighted by atomic mass is 32.1. The molecular formula is C24H25N5OS. The Kier molecular flexibility index (Phi) is 5.69. The summed E-state index contributed by atoms with van der Waals surface area (Å²) in [6.07, 6.45) is 4.42. The smallest absolute Gasteiger partial charge is 0.189 e. The lowest BCUT2D eigenvalue weighted by Crippen LogP contribution is -2.25. The lowest BCUT2D eigenvalue weighted by molar-refractivity contribution is 0.238. The van der Waals surface area contributed by atoms with Crippen molar-refractivity contribution in [2.24, 2.45) is 0 Å². The number of ether oxygens (including phenoxy) is 1. The van der Waals surface area contributed by atoms with Gasteiger partial charge in [-0.3, -0.25) is 9.88 Å². The molecule has 31 heavy (non-hydrogen) atoms. The molecule has 0 unspecified atom stereocenters. The van der Waals surface area contributed by atoms with Crippen LogP contribution in [0.3, 0.4) is 0 Å². The van der Waals surface area contributed by atoms with Crippen molar-refractivity contribution in [1.29, 1.82) is 0 Å². The molecule has 7 heteroatoms. The summed E-state index contributed by atoms with van der Waals surface area (Å²) in [5.74, 6) is 1.40. The Labute approximate surface area is 185 Å². The van der Waals surface area contributed by atoms with Crippen molar-refractivity contribution in [2.45, 2.75) is 12.8 Å². The second-order valence-corrected chi connectivity index (χ2v) is 8.65. The van der Waals surface area contributed by atoms with E-state index in [9.17, 15) is 0 Å². The van der Waals surface area contributed by atoms with E-state index >= 15 is 0 Å². The lowest BCUT2D eigenvalue weighted by Gasteiger charge is -2.15. The molecule has 1 fully saturated rings. The van der Waals surface area contributed by atoms with Crippen LogP contribution in [-0.4, -0.2) is 41.1 Å². The molecular weight excluding hydrogens is 406 g/mol. The number of hydrogen-bond donors (Lipinski definition) is 2. The minimum absolute atomic E-state index is 0.519. The molecule has 2 aromatic heterocycles. The van der Waals surface area contributed by atoms with Crippen molar-refractivity contribution >= 4 is 38.9 Å². The van der Waals surface area contributed by atoms with Crippen molar-refractivity contribution in [3.05, 3.63) is 60.8 Å². The van der Waals surface area contributed by atoms with Gasteiger partial charge in [0.25, 0.3) is 0 Å². The normalized spacial score (nSPS) is 14.2. The zero-order valence-corrected chi connectivity index (χ0v) is 18.1. The average Bonchev–Trinajstić information content (AvgIpc) is 3.44. The number of likely N-dealkylation sites (tertiary alicyclic amines) is 1. The maximum atomic E-state index is 6.26. The van der Waals surface area contributed by atoms with Crippen LogP contribution in [-0.2, 0) is 0 Å². The van der Waals surface area contributed by atoms with Crippen LogP contribution in [0, 0.1) is 0 Å². The molecule has 158 valence electrons. The van der Waals surface area contributed by atoms with Gasteiger partial charge in [-0.2, -0.15) is 0 Å². The summed E-state index contributed by atoms with van der Waals surface area (Å²) < 4.78 is 5.89. The number of hydrogen-bond acceptors (Lipinski definition) is 7. The van der Waals surface area contributed by atoms with Gasteiger partial charge < -0.3 is 15.8 Å². The molecule has 0 spiro atoms. The van der Waals surface area contributed by atoms with Gasteiger partial charge in [-0.15, -0.1) is 0 Å². The first-order valence-electron chi connectivity index (χ1n) is 10.6. The second kappa shape index (κ2) is 8.91. The molecule has 4 aromatic rings. The van der Waals surface area contributed by atoms with Crippen LogP contribution in [0.5, 0.6) is 5.75 Å². The fourth-order valence-corrected chi connectivity index (χ4v) is 4.87. The van der Waals surface area contributed by atoms with Crippen molar-refractivity contribution in [2.75, 3.05) is 37.3 Å². The number of nitrogens with two attached hydrogens (primary N) is 1. The largest absolute Gasteiger partial charge is 0.492 e. The molecule has 3 heterocycles. The third-order valence-electron chi connectivity index (χ3n) is 5.53. The van der Waals surface area contributed by atoms with E-state index in [0.29, 0.717) is 5.82 Å². The number of para-hydroxylation sites is 1. The number of nitrogens with one attached hydrogen (secondary N) is 1. The number of fused-ring (bicyclic) bond motifs is 1. The number of aromatic nitrogens is 2. The summed E-state index contributed by atoms with van der Waals surface area (Å²) >= 11 is 1.54. The Balaban J connectivity index is 1.26. The fourth-order valence-electron chi connectivity index (χ4n) is 3.93. The number of rotatable bonds is 7. The van der Waals surface area contributed by atoms with Gasteiger partial charge in [-0.1, -0.05) is 29.5 Å². The van der Waals surface area contributed by atoms with Crippen LogP contribution in [0.1, 0.15) is 12.8 Å². The highest BCUT2D eigenvalue weighted by Crippen LogP contribution is 2.39. The molecule has 0 atom stereocenters. The molecule has 5 rings (SSSR count). The van der Waals surface area contributed by atoms with E-state index in [0.717, 1.165) is 51.1 Å². The van der Waals surface area contributed by atoms with E-state index in [2.05, 4.69) is 26.3 Å². The SMILES string of the molecule is Nc1nc(Nc2ccc(OCCN3CCCC3)cc2)sc1-c1ccnc2ccccc12. The Hall–Kier alpha value is -3.16. The molecule has 0 radical (unpaired) electrons. The van der Waals surface area contributed by atoms with E-state index in [1.54, 1.807) is 11.3 Å². The van der Waals surface area contributed by atoms with Crippen LogP contribution >= 0.6 is 11.3 Å². The Morgan fingerprint density at radius 3 is 2.68 bits per heavy atom. The number of thiazole rings is 1. The predicted molar refractivity (Wildman–Crippen MR) is 128 cm³/mol.